The fourth-order valence-corrected chi connectivity index (χ4v) is 5.15. The summed E-state index contributed by atoms with van der Waals surface area (Å²) < 4.78 is 23.7. The van der Waals surface area contributed by atoms with E-state index in [4.69, 9.17) is 18.6 Å². The molecule has 2 atom stereocenters. The Bertz CT molecular complexity index is 1870. The van der Waals surface area contributed by atoms with Gasteiger partial charge in [-0.15, -0.1) is 0 Å². The highest BCUT2D eigenvalue weighted by Crippen LogP contribution is 2.36. The molecule has 218 valence electrons. The van der Waals surface area contributed by atoms with Crippen LogP contribution in [0, 0.1) is 25.7 Å². The van der Waals surface area contributed by atoms with Crippen LogP contribution in [-0.4, -0.2) is 48.9 Å². The number of carbonyl (C=O) groups is 1. The monoisotopic (exact) mass is 573 g/mol. The molecule has 11 nitrogen and oxygen atoms in total. The molecule has 1 aromatic carbocycles. The molecule has 42 heavy (non-hydrogen) atoms. The molecular formula is C31H31N3O8. The van der Waals surface area contributed by atoms with E-state index in [1.807, 2.05) is 13.0 Å². The number of hydrogen-bond donors (Lipinski definition) is 2. The number of H-pyrrole nitrogens is 1. The number of rotatable bonds is 7. The summed E-state index contributed by atoms with van der Waals surface area (Å²) in [5.74, 6) is 6.22. The number of hydrogen-bond acceptors (Lipinski definition) is 8. The van der Waals surface area contributed by atoms with Crippen LogP contribution in [-0.2, 0) is 20.7 Å². The topological polar surface area (TPSA) is 142 Å². The number of aryl methyl sites for hydroxylation is 2. The van der Waals surface area contributed by atoms with Crippen molar-refractivity contribution in [2.24, 2.45) is 0 Å². The van der Waals surface area contributed by atoms with Crippen LogP contribution in [0.15, 0.2) is 49.3 Å². The molecule has 0 bridgehead atoms. The zero-order valence-electron chi connectivity index (χ0n) is 23.8. The summed E-state index contributed by atoms with van der Waals surface area (Å²) >= 11 is 0. The van der Waals surface area contributed by atoms with E-state index in [9.17, 15) is 19.2 Å². The van der Waals surface area contributed by atoms with Gasteiger partial charge >= 0.3 is 5.69 Å². The molecule has 0 saturated carbocycles. The number of benzene rings is 2. The van der Waals surface area contributed by atoms with Gasteiger partial charge in [0.15, 0.2) is 5.43 Å². The Morgan fingerprint density at radius 1 is 1.12 bits per heavy atom. The second-order valence-corrected chi connectivity index (χ2v) is 10.2. The number of aromatic nitrogens is 2. The Morgan fingerprint density at radius 3 is 2.69 bits per heavy atom. The molecule has 1 aliphatic carbocycles. The van der Waals surface area contributed by atoms with Crippen molar-refractivity contribution in [3.8, 4) is 28.9 Å². The lowest BCUT2D eigenvalue weighted by atomic mass is 9.94. The standard InChI is InChI=1S/C31H31N3O8/c1-17-10-22-21(23-11-18(2)25(40-4)14-27(23)42-26(22)13-24(17)35)12-28(36)32-9-5-6-19-15-34(31(38)33-30(19)37)29-8-7-20(41-29)16-39-3/h10-11,13-15,20,29H,7-9,12,16H2,1-4H3,(H,32,36)(H,33,37,38)/t20-,29+/m0/s1. The van der Waals surface area contributed by atoms with E-state index in [0.29, 0.717) is 46.8 Å². The van der Waals surface area contributed by atoms with E-state index in [-0.39, 0.29) is 36.0 Å². The van der Waals surface area contributed by atoms with Crippen LogP contribution in [0.5, 0.6) is 5.75 Å². The van der Waals surface area contributed by atoms with Crippen LogP contribution in [0.25, 0.3) is 22.3 Å². The third-order valence-electron chi connectivity index (χ3n) is 7.29. The van der Waals surface area contributed by atoms with Gasteiger partial charge in [-0.1, -0.05) is 11.8 Å². The lowest BCUT2D eigenvalue weighted by Gasteiger charge is -2.16. The molecule has 5 rings (SSSR count). The number of amides is 1. The smallest absolute Gasteiger partial charge is 0.330 e. The van der Waals surface area contributed by atoms with E-state index < -0.39 is 17.5 Å². The van der Waals surface area contributed by atoms with E-state index in [2.05, 4.69) is 22.1 Å². The Morgan fingerprint density at radius 2 is 1.93 bits per heavy atom. The quantitative estimate of drug-likeness (QED) is 0.254. The first kappa shape index (κ1) is 28.9. The number of carbonyl (C=O) groups excluding carboxylic acids is 1. The summed E-state index contributed by atoms with van der Waals surface area (Å²) in [7, 11) is 3.14. The first-order chi connectivity index (χ1) is 20.2. The average Bonchev–Trinajstić information content (AvgIpc) is 3.41. The zero-order valence-corrected chi connectivity index (χ0v) is 23.8. The molecule has 11 heteroatoms. The molecule has 0 radical (unpaired) electrons. The summed E-state index contributed by atoms with van der Waals surface area (Å²) in [6, 6.07) is 6.79. The molecule has 2 N–H and O–H groups in total. The third-order valence-corrected chi connectivity index (χ3v) is 7.29. The fraction of sp³-hybridized carbons (Fsp3) is 0.355. The number of fused-ring (bicyclic) bond motifs is 2. The number of ether oxygens (including phenoxy) is 3. The van der Waals surface area contributed by atoms with Crippen LogP contribution in [0.2, 0.25) is 0 Å². The van der Waals surface area contributed by atoms with Crippen molar-refractivity contribution < 1.29 is 23.4 Å². The molecule has 1 aromatic heterocycles. The van der Waals surface area contributed by atoms with Gasteiger partial charge in [-0.05, 0) is 55.5 Å². The molecule has 2 aliphatic heterocycles. The highest BCUT2D eigenvalue weighted by molar-refractivity contribution is 5.94. The Balaban J connectivity index is 1.36. The molecule has 3 heterocycles. The van der Waals surface area contributed by atoms with E-state index in [1.54, 1.807) is 33.3 Å². The lowest BCUT2D eigenvalue weighted by molar-refractivity contribution is -0.120. The van der Waals surface area contributed by atoms with Gasteiger partial charge in [0.25, 0.3) is 5.56 Å². The van der Waals surface area contributed by atoms with E-state index >= 15 is 0 Å². The summed E-state index contributed by atoms with van der Waals surface area (Å²) in [5, 5.41) is 3.50. The predicted octanol–water partition coefficient (Wildman–Crippen LogP) is 2.41. The van der Waals surface area contributed by atoms with Gasteiger partial charge in [0.2, 0.25) is 5.91 Å². The molecule has 0 spiro atoms. The van der Waals surface area contributed by atoms with Gasteiger partial charge in [-0.25, -0.2) is 4.79 Å². The lowest BCUT2D eigenvalue weighted by Crippen LogP contribution is -2.33. The fourth-order valence-electron chi connectivity index (χ4n) is 5.15. The second kappa shape index (κ2) is 12.1. The van der Waals surface area contributed by atoms with E-state index in [0.717, 1.165) is 17.4 Å². The van der Waals surface area contributed by atoms with Crippen LogP contribution in [0.1, 0.15) is 41.3 Å². The molecular weight excluding hydrogens is 542 g/mol. The van der Waals surface area contributed by atoms with Gasteiger partial charge in [0.1, 0.15) is 28.9 Å². The number of nitrogens with zero attached hydrogens (tertiary/aromatic N) is 1. The van der Waals surface area contributed by atoms with Crippen LogP contribution in [0.4, 0.5) is 0 Å². The highest BCUT2D eigenvalue weighted by atomic mass is 16.5. The first-order valence-corrected chi connectivity index (χ1v) is 13.5. The minimum absolute atomic E-state index is 0.00156. The van der Waals surface area contributed by atoms with Crippen LogP contribution >= 0.6 is 0 Å². The van der Waals surface area contributed by atoms with Crippen molar-refractivity contribution in [1.29, 1.82) is 0 Å². The molecule has 3 aliphatic rings. The number of aromatic amines is 1. The number of nitrogens with one attached hydrogen (secondary N) is 2. The summed E-state index contributed by atoms with van der Waals surface area (Å²) in [5.41, 5.74) is 1.99. The van der Waals surface area contributed by atoms with Crippen molar-refractivity contribution in [1.82, 2.24) is 14.9 Å². The first-order valence-electron chi connectivity index (χ1n) is 13.5. The second-order valence-electron chi connectivity index (χ2n) is 10.2. The predicted molar refractivity (Wildman–Crippen MR) is 155 cm³/mol. The normalized spacial score (nSPS) is 16.4. The van der Waals surface area contributed by atoms with Crippen LogP contribution in [0.3, 0.4) is 0 Å². The maximum Gasteiger partial charge on any atom is 0.330 e. The van der Waals surface area contributed by atoms with Crippen molar-refractivity contribution >= 4 is 16.9 Å². The minimum Gasteiger partial charge on any atom is -0.496 e. The Kier molecular flexibility index (Phi) is 8.29. The summed E-state index contributed by atoms with van der Waals surface area (Å²) in [6.45, 7) is 4.00. The maximum atomic E-state index is 13.1. The minimum atomic E-state index is -0.619. The maximum absolute atomic E-state index is 13.1. The van der Waals surface area contributed by atoms with Crippen molar-refractivity contribution in [3.63, 3.8) is 0 Å². The third kappa shape index (κ3) is 5.86. The van der Waals surface area contributed by atoms with Gasteiger partial charge in [-0.3, -0.25) is 23.9 Å². The summed E-state index contributed by atoms with van der Waals surface area (Å²) in [4.78, 5) is 52.4. The largest absolute Gasteiger partial charge is 0.496 e. The van der Waals surface area contributed by atoms with Crippen LogP contribution < -0.4 is 26.7 Å². The molecule has 1 fully saturated rings. The van der Waals surface area contributed by atoms with Gasteiger partial charge in [0.05, 0.1) is 32.8 Å². The highest BCUT2D eigenvalue weighted by Gasteiger charge is 2.27. The Labute approximate surface area is 240 Å². The molecule has 0 unspecified atom stereocenters. The Hall–Kier alpha value is -4.66. The molecule has 2 aromatic rings. The van der Waals surface area contributed by atoms with Gasteiger partial charge in [0, 0.05) is 36.4 Å². The number of methoxy groups -OCH3 is 2. The zero-order chi connectivity index (χ0) is 30.0. The van der Waals surface area contributed by atoms with Crippen molar-refractivity contribution in [3.05, 3.63) is 83.8 Å². The van der Waals surface area contributed by atoms with Crippen molar-refractivity contribution in [2.75, 3.05) is 27.4 Å². The molecule has 1 saturated heterocycles. The molecule has 1 amide bonds. The van der Waals surface area contributed by atoms with Gasteiger partial charge in [-0.2, -0.15) is 0 Å². The average molecular weight is 574 g/mol. The SMILES string of the molecule is COC[C@@H]1CC[C@H](n2cc(C#CCNC(=O)Cc3c4cc(C)c(=O)cc-4oc4cc(OC)c(C)cc34)c(=O)[nH]c2=O)O1. The van der Waals surface area contributed by atoms with Gasteiger partial charge < -0.3 is 23.9 Å². The van der Waals surface area contributed by atoms with Crippen molar-refractivity contribution in [2.45, 2.75) is 45.4 Å². The van der Waals surface area contributed by atoms with E-state index in [1.165, 1.54) is 16.8 Å². The summed E-state index contributed by atoms with van der Waals surface area (Å²) in [6.07, 6.45) is 2.05.